The first-order valence-corrected chi connectivity index (χ1v) is 9.85. The largest absolute Gasteiger partial charge is 0.344 e. The van der Waals surface area contributed by atoms with E-state index in [9.17, 15) is 9.18 Å². The van der Waals surface area contributed by atoms with Crippen LogP contribution in [0.4, 0.5) is 4.39 Å². The molecule has 0 aliphatic heterocycles. The number of benzene rings is 1. The van der Waals surface area contributed by atoms with Crippen LogP contribution in [0.3, 0.4) is 0 Å². The van der Waals surface area contributed by atoms with Crippen LogP contribution < -0.4 is 5.32 Å². The zero-order valence-corrected chi connectivity index (χ0v) is 14.5. The van der Waals surface area contributed by atoms with Gasteiger partial charge in [0.2, 0.25) is 5.91 Å². The van der Waals surface area contributed by atoms with E-state index in [4.69, 9.17) is 0 Å². The third-order valence-electron chi connectivity index (χ3n) is 4.09. The molecular weight excluding hydrogens is 329 g/mol. The number of amides is 1. The number of rotatable bonds is 6. The first-order chi connectivity index (χ1) is 11.2. The van der Waals surface area contributed by atoms with Crippen molar-refractivity contribution in [1.29, 1.82) is 0 Å². The van der Waals surface area contributed by atoms with Crippen molar-refractivity contribution in [2.24, 2.45) is 0 Å². The summed E-state index contributed by atoms with van der Waals surface area (Å²) in [5, 5.41) is 5.73. The second-order valence-electron chi connectivity index (χ2n) is 5.78. The second kappa shape index (κ2) is 7.97. The number of thioether (sulfide) groups is 1. The molecule has 1 aromatic heterocycles. The Morgan fingerprint density at radius 3 is 2.65 bits per heavy atom. The molecule has 3 rings (SSSR count). The van der Waals surface area contributed by atoms with E-state index in [0.717, 1.165) is 10.4 Å². The molecule has 1 N–H and O–H groups in total. The van der Waals surface area contributed by atoms with Gasteiger partial charge < -0.3 is 5.32 Å². The van der Waals surface area contributed by atoms with E-state index in [2.05, 4.69) is 5.32 Å². The summed E-state index contributed by atoms with van der Waals surface area (Å²) in [6.07, 6.45) is 5.02. The minimum Gasteiger partial charge on any atom is -0.344 e. The maximum absolute atomic E-state index is 13.2. The van der Waals surface area contributed by atoms with Gasteiger partial charge in [0.1, 0.15) is 5.82 Å². The molecule has 1 fully saturated rings. The smallest absolute Gasteiger partial charge is 0.230 e. The number of carbonyl (C=O) groups is 1. The van der Waals surface area contributed by atoms with Crippen molar-refractivity contribution in [1.82, 2.24) is 5.32 Å². The Kier molecular flexibility index (Phi) is 5.73. The molecule has 1 heterocycles. The second-order valence-corrected chi connectivity index (χ2v) is 8.05. The first kappa shape index (κ1) is 16.5. The van der Waals surface area contributed by atoms with Crippen LogP contribution in [-0.4, -0.2) is 16.9 Å². The van der Waals surface area contributed by atoms with E-state index >= 15 is 0 Å². The van der Waals surface area contributed by atoms with Gasteiger partial charge in [-0.25, -0.2) is 4.39 Å². The van der Waals surface area contributed by atoms with Crippen molar-refractivity contribution in [3.05, 3.63) is 58.0 Å². The number of carbonyl (C=O) groups excluding carboxylic acids is 1. The van der Waals surface area contributed by atoms with Gasteiger partial charge in [-0.1, -0.05) is 31.0 Å². The molecule has 1 aliphatic rings. The van der Waals surface area contributed by atoms with E-state index in [1.165, 1.54) is 37.8 Å². The molecule has 1 aliphatic carbocycles. The lowest BCUT2D eigenvalue weighted by atomic mass is 10.1. The molecular formula is C18H20FNOS2. The van der Waals surface area contributed by atoms with Crippen molar-refractivity contribution in [2.75, 3.05) is 5.75 Å². The van der Waals surface area contributed by atoms with Gasteiger partial charge >= 0.3 is 0 Å². The van der Waals surface area contributed by atoms with E-state index in [0.29, 0.717) is 11.0 Å². The predicted molar refractivity (Wildman–Crippen MR) is 95.4 cm³/mol. The number of hydrogen-bond acceptors (Lipinski definition) is 3. The lowest BCUT2D eigenvalue weighted by Crippen LogP contribution is -2.30. The molecule has 1 aromatic carbocycles. The summed E-state index contributed by atoms with van der Waals surface area (Å²) in [6, 6.07) is 10.1. The molecule has 122 valence electrons. The molecule has 1 amide bonds. The van der Waals surface area contributed by atoms with Gasteiger partial charge in [0.15, 0.2) is 0 Å². The van der Waals surface area contributed by atoms with Crippen LogP contribution in [0.25, 0.3) is 0 Å². The van der Waals surface area contributed by atoms with Crippen LogP contribution in [0.5, 0.6) is 0 Å². The Balaban J connectivity index is 1.66. The zero-order valence-electron chi connectivity index (χ0n) is 12.8. The highest BCUT2D eigenvalue weighted by Crippen LogP contribution is 2.30. The minimum atomic E-state index is -0.262. The Morgan fingerprint density at radius 2 is 2.00 bits per heavy atom. The third kappa shape index (κ3) is 4.58. The van der Waals surface area contributed by atoms with Crippen LogP contribution >= 0.6 is 23.1 Å². The Labute approximate surface area is 144 Å². The fraction of sp³-hybridized carbons (Fsp3) is 0.389. The minimum absolute atomic E-state index is 0.0459. The van der Waals surface area contributed by atoms with Crippen LogP contribution in [0.1, 0.15) is 42.2 Å². The van der Waals surface area contributed by atoms with Crippen LogP contribution in [-0.2, 0) is 4.79 Å². The van der Waals surface area contributed by atoms with Crippen molar-refractivity contribution >= 4 is 29.0 Å². The third-order valence-corrected chi connectivity index (χ3v) is 6.40. The number of hydrogen-bond donors (Lipinski definition) is 1. The van der Waals surface area contributed by atoms with E-state index in [-0.39, 0.29) is 17.8 Å². The number of nitrogens with one attached hydrogen (secondary N) is 1. The highest BCUT2D eigenvalue weighted by Gasteiger charge is 2.20. The molecule has 0 radical (unpaired) electrons. The van der Waals surface area contributed by atoms with Gasteiger partial charge in [0, 0.05) is 10.1 Å². The standard InChI is InChI=1S/C18H20FNOS2/c19-14-9-7-13(8-10-14)18(16-6-3-11-22-16)20-17(21)12-23-15-4-1-2-5-15/h3,6-11,15,18H,1-2,4-5,12H2,(H,20,21)/t18-/m1/s1. The summed E-state index contributed by atoms with van der Waals surface area (Å²) >= 11 is 3.36. The summed E-state index contributed by atoms with van der Waals surface area (Å²) in [5.74, 6) is 0.278. The van der Waals surface area contributed by atoms with E-state index in [1.807, 2.05) is 17.5 Å². The van der Waals surface area contributed by atoms with Crippen molar-refractivity contribution in [3.63, 3.8) is 0 Å². The zero-order chi connectivity index (χ0) is 16.1. The van der Waals surface area contributed by atoms with Gasteiger partial charge in [-0.2, -0.15) is 0 Å². The maximum Gasteiger partial charge on any atom is 0.230 e. The topological polar surface area (TPSA) is 29.1 Å². The fourth-order valence-corrected chi connectivity index (χ4v) is 4.82. The normalized spacial score (nSPS) is 16.4. The molecule has 0 saturated heterocycles. The Morgan fingerprint density at radius 1 is 1.26 bits per heavy atom. The van der Waals surface area contributed by atoms with Crippen molar-refractivity contribution in [2.45, 2.75) is 37.0 Å². The molecule has 23 heavy (non-hydrogen) atoms. The molecule has 5 heteroatoms. The van der Waals surface area contributed by atoms with Crippen LogP contribution in [0.2, 0.25) is 0 Å². The average Bonchev–Trinajstić information content (AvgIpc) is 3.25. The molecule has 0 spiro atoms. The summed E-state index contributed by atoms with van der Waals surface area (Å²) < 4.78 is 13.2. The fourth-order valence-electron chi connectivity index (χ4n) is 2.88. The molecule has 0 unspecified atom stereocenters. The summed E-state index contributed by atoms with van der Waals surface area (Å²) in [5.41, 5.74) is 0.910. The van der Waals surface area contributed by atoms with Crippen LogP contribution in [0.15, 0.2) is 41.8 Å². The lowest BCUT2D eigenvalue weighted by molar-refractivity contribution is -0.119. The molecule has 0 bridgehead atoms. The first-order valence-electron chi connectivity index (χ1n) is 7.92. The summed E-state index contributed by atoms with van der Waals surface area (Å²) in [7, 11) is 0. The Hall–Kier alpha value is -1.33. The van der Waals surface area contributed by atoms with Gasteiger partial charge in [-0.3, -0.25) is 4.79 Å². The van der Waals surface area contributed by atoms with E-state index in [1.54, 1.807) is 35.2 Å². The predicted octanol–water partition coefficient (Wildman–Crippen LogP) is 4.77. The van der Waals surface area contributed by atoms with Crippen molar-refractivity contribution < 1.29 is 9.18 Å². The van der Waals surface area contributed by atoms with Gasteiger partial charge in [-0.05, 0) is 42.0 Å². The van der Waals surface area contributed by atoms with Gasteiger partial charge in [-0.15, -0.1) is 23.1 Å². The van der Waals surface area contributed by atoms with Crippen molar-refractivity contribution in [3.8, 4) is 0 Å². The molecule has 2 nitrogen and oxygen atoms in total. The average molecular weight is 349 g/mol. The molecule has 2 aromatic rings. The summed E-state index contributed by atoms with van der Waals surface area (Å²) in [6.45, 7) is 0. The quantitative estimate of drug-likeness (QED) is 0.814. The SMILES string of the molecule is O=C(CSC1CCCC1)N[C@H](c1ccc(F)cc1)c1cccs1. The Bertz CT molecular complexity index is 621. The van der Waals surface area contributed by atoms with Gasteiger partial charge in [0.05, 0.1) is 11.8 Å². The lowest BCUT2D eigenvalue weighted by Gasteiger charge is -2.18. The number of thiophene rings is 1. The number of halogens is 1. The highest BCUT2D eigenvalue weighted by atomic mass is 32.2. The van der Waals surface area contributed by atoms with Gasteiger partial charge in [0.25, 0.3) is 0 Å². The van der Waals surface area contributed by atoms with E-state index < -0.39 is 0 Å². The van der Waals surface area contributed by atoms with Crippen LogP contribution in [0, 0.1) is 5.82 Å². The maximum atomic E-state index is 13.2. The monoisotopic (exact) mass is 349 g/mol. The highest BCUT2D eigenvalue weighted by molar-refractivity contribution is 8.00. The summed E-state index contributed by atoms with van der Waals surface area (Å²) in [4.78, 5) is 13.4. The molecule has 1 saturated carbocycles. The molecule has 1 atom stereocenters.